The SMILES string of the molecule is O=c1c2ccccc2nc(/C=C/c2cccc(F)c2)n1-c1ccccc1F. The molecular formula is C22H14F2N2O. The molecule has 0 aliphatic carbocycles. The molecule has 0 fully saturated rings. The molecule has 1 heterocycles. The smallest absolute Gasteiger partial charge is 0.266 e. The summed E-state index contributed by atoms with van der Waals surface area (Å²) in [4.78, 5) is 17.5. The number of fused-ring (bicyclic) bond motifs is 1. The molecule has 0 saturated heterocycles. The number of hydrogen-bond acceptors (Lipinski definition) is 2. The minimum atomic E-state index is -0.530. The van der Waals surface area contributed by atoms with Crippen LogP contribution in [0, 0.1) is 11.6 Å². The van der Waals surface area contributed by atoms with Gasteiger partial charge in [-0.05, 0) is 48.0 Å². The molecule has 0 amide bonds. The van der Waals surface area contributed by atoms with Crippen molar-refractivity contribution in [2.75, 3.05) is 0 Å². The van der Waals surface area contributed by atoms with Crippen LogP contribution in [0.4, 0.5) is 8.78 Å². The molecule has 4 aromatic rings. The highest BCUT2D eigenvalue weighted by atomic mass is 19.1. The average molecular weight is 360 g/mol. The van der Waals surface area contributed by atoms with Gasteiger partial charge in [-0.2, -0.15) is 0 Å². The number of nitrogens with zero attached hydrogens (tertiary/aromatic N) is 2. The first-order chi connectivity index (χ1) is 13.1. The van der Waals surface area contributed by atoms with Crippen LogP contribution in [0.3, 0.4) is 0 Å². The second-order valence-electron chi connectivity index (χ2n) is 5.97. The van der Waals surface area contributed by atoms with Gasteiger partial charge in [-0.1, -0.05) is 42.5 Å². The lowest BCUT2D eigenvalue weighted by Gasteiger charge is -2.12. The van der Waals surface area contributed by atoms with Crippen molar-refractivity contribution < 1.29 is 8.78 Å². The third-order valence-corrected chi connectivity index (χ3v) is 4.17. The first-order valence-corrected chi connectivity index (χ1v) is 8.34. The summed E-state index contributed by atoms with van der Waals surface area (Å²) in [5.74, 6) is -0.639. The van der Waals surface area contributed by atoms with Gasteiger partial charge in [0.2, 0.25) is 0 Å². The third kappa shape index (κ3) is 3.27. The molecule has 0 spiro atoms. The first kappa shape index (κ1) is 16.8. The van der Waals surface area contributed by atoms with Crippen LogP contribution in [0.15, 0.2) is 77.6 Å². The Balaban J connectivity index is 1.97. The zero-order valence-electron chi connectivity index (χ0n) is 14.1. The second kappa shape index (κ2) is 6.96. The van der Waals surface area contributed by atoms with Gasteiger partial charge < -0.3 is 0 Å². The number of aromatic nitrogens is 2. The average Bonchev–Trinajstić information content (AvgIpc) is 2.68. The van der Waals surface area contributed by atoms with Crippen molar-refractivity contribution in [3.63, 3.8) is 0 Å². The fourth-order valence-electron chi connectivity index (χ4n) is 2.91. The van der Waals surface area contributed by atoms with E-state index >= 15 is 0 Å². The van der Waals surface area contributed by atoms with Gasteiger partial charge in [0.05, 0.1) is 16.6 Å². The molecule has 0 atom stereocenters. The molecule has 0 saturated carbocycles. The summed E-state index contributed by atoms with van der Waals surface area (Å²) in [7, 11) is 0. The molecule has 0 radical (unpaired) electrons. The Morgan fingerprint density at radius 2 is 1.63 bits per heavy atom. The zero-order valence-corrected chi connectivity index (χ0v) is 14.1. The lowest BCUT2D eigenvalue weighted by Crippen LogP contribution is -2.23. The van der Waals surface area contributed by atoms with E-state index in [1.165, 1.54) is 28.8 Å². The standard InChI is InChI=1S/C22H14F2N2O/c23-16-7-5-6-15(14-16)12-13-21-25-19-10-3-1-8-17(19)22(27)26(21)20-11-4-2-9-18(20)24/h1-14H/b13-12+. The molecule has 4 rings (SSSR count). The Morgan fingerprint density at radius 3 is 2.44 bits per heavy atom. The summed E-state index contributed by atoms with van der Waals surface area (Å²) >= 11 is 0. The first-order valence-electron chi connectivity index (χ1n) is 8.34. The van der Waals surface area contributed by atoms with E-state index in [9.17, 15) is 13.6 Å². The predicted molar refractivity (Wildman–Crippen MR) is 103 cm³/mol. The maximum Gasteiger partial charge on any atom is 0.266 e. The molecule has 3 aromatic carbocycles. The quantitative estimate of drug-likeness (QED) is 0.524. The molecule has 0 bridgehead atoms. The molecule has 5 heteroatoms. The van der Waals surface area contributed by atoms with Crippen LogP contribution >= 0.6 is 0 Å². The molecule has 132 valence electrons. The van der Waals surface area contributed by atoms with Crippen molar-refractivity contribution in [1.82, 2.24) is 9.55 Å². The largest absolute Gasteiger partial charge is 0.268 e. The van der Waals surface area contributed by atoms with Crippen molar-refractivity contribution in [3.05, 3.63) is 106 Å². The number of hydrogen-bond donors (Lipinski definition) is 0. The fraction of sp³-hybridized carbons (Fsp3) is 0. The fourth-order valence-corrected chi connectivity index (χ4v) is 2.91. The lowest BCUT2D eigenvalue weighted by molar-refractivity contribution is 0.615. The molecular weight excluding hydrogens is 346 g/mol. The van der Waals surface area contributed by atoms with Crippen LogP contribution in [-0.2, 0) is 0 Å². The van der Waals surface area contributed by atoms with Crippen LogP contribution < -0.4 is 5.56 Å². The zero-order chi connectivity index (χ0) is 18.8. The molecule has 3 nitrogen and oxygen atoms in total. The van der Waals surface area contributed by atoms with E-state index in [4.69, 9.17) is 0 Å². The minimum absolute atomic E-state index is 0.111. The summed E-state index contributed by atoms with van der Waals surface area (Å²) in [6.45, 7) is 0. The van der Waals surface area contributed by atoms with E-state index in [-0.39, 0.29) is 22.9 Å². The summed E-state index contributed by atoms with van der Waals surface area (Å²) in [6, 6.07) is 18.9. The summed E-state index contributed by atoms with van der Waals surface area (Å²) < 4.78 is 29.0. The van der Waals surface area contributed by atoms with Crippen LogP contribution in [0.5, 0.6) is 0 Å². The maximum atomic E-state index is 14.4. The Labute approximate surface area is 153 Å². The topological polar surface area (TPSA) is 34.9 Å². The highest BCUT2D eigenvalue weighted by Crippen LogP contribution is 2.17. The summed E-state index contributed by atoms with van der Waals surface area (Å²) in [5.41, 5.74) is 0.857. The van der Waals surface area contributed by atoms with Gasteiger partial charge >= 0.3 is 0 Å². The second-order valence-corrected chi connectivity index (χ2v) is 5.97. The van der Waals surface area contributed by atoms with Crippen LogP contribution in [-0.4, -0.2) is 9.55 Å². The van der Waals surface area contributed by atoms with Gasteiger partial charge in [0.1, 0.15) is 17.5 Å². The number of rotatable bonds is 3. The number of benzene rings is 3. The number of para-hydroxylation sites is 2. The Kier molecular flexibility index (Phi) is 4.34. The van der Waals surface area contributed by atoms with E-state index in [1.54, 1.807) is 60.7 Å². The molecule has 0 aliphatic rings. The molecule has 1 aromatic heterocycles. The van der Waals surface area contributed by atoms with Gasteiger partial charge in [-0.15, -0.1) is 0 Å². The van der Waals surface area contributed by atoms with Crippen molar-refractivity contribution in [2.24, 2.45) is 0 Å². The Morgan fingerprint density at radius 1 is 0.852 bits per heavy atom. The molecule has 0 N–H and O–H groups in total. The third-order valence-electron chi connectivity index (χ3n) is 4.17. The molecule has 27 heavy (non-hydrogen) atoms. The van der Waals surface area contributed by atoms with Crippen molar-refractivity contribution in [3.8, 4) is 5.69 Å². The molecule has 0 unspecified atom stereocenters. The summed E-state index contributed by atoms with van der Waals surface area (Å²) in [6.07, 6.45) is 3.21. The minimum Gasteiger partial charge on any atom is -0.268 e. The maximum absolute atomic E-state index is 14.4. The van der Waals surface area contributed by atoms with E-state index in [2.05, 4.69) is 4.98 Å². The highest BCUT2D eigenvalue weighted by Gasteiger charge is 2.13. The Hall–Kier alpha value is -3.60. The van der Waals surface area contributed by atoms with E-state index in [0.29, 0.717) is 16.5 Å². The number of halogens is 2. The van der Waals surface area contributed by atoms with Gasteiger partial charge in [0, 0.05) is 0 Å². The van der Waals surface area contributed by atoms with Crippen molar-refractivity contribution in [2.45, 2.75) is 0 Å². The highest BCUT2D eigenvalue weighted by molar-refractivity contribution is 5.80. The van der Waals surface area contributed by atoms with Gasteiger partial charge in [0.25, 0.3) is 5.56 Å². The van der Waals surface area contributed by atoms with Crippen molar-refractivity contribution >= 4 is 23.1 Å². The predicted octanol–water partition coefficient (Wildman–Crippen LogP) is 4.83. The van der Waals surface area contributed by atoms with E-state index in [0.717, 1.165) is 0 Å². The lowest BCUT2D eigenvalue weighted by atomic mass is 10.2. The van der Waals surface area contributed by atoms with Crippen molar-refractivity contribution in [1.29, 1.82) is 0 Å². The van der Waals surface area contributed by atoms with Gasteiger partial charge in [-0.3, -0.25) is 9.36 Å². The van der Waals surface area contributed by atoms with E-state index < -0.39 is 5.82 Å². The van der Waals surface area contributed by atoms with Crippen LogP contribution in [0.25, 0.3) is 28.7 Å². The normalized spacial score (nSPS) is 11.3. The van der Waals surface area contributed by atoms with Crippen LogP contribution in [0.2, 0.25) is 0 Å². The van der Waals surface area contributed by atoms with Crippen LogP contribution in [0.1, 0.15) is 11.4 Å². The van der Waals surface area contributed by atoms with Gasteiger partial charge in [-0.25, -0.2) is 13.8 Å². The summed E-state index contributed by atoms with van der Waals surface area (Å²) in [5, 5.41) is 0.392. The monoisotopic (exact) mass is 360 g/mol. The Bertz CT molecular complexity index is 1230. The van der Waals surface area contributed by atoms with Gasteiger partial charge in [0.15, 0.2) is 0 Å². The van der Waals surface area contributed by atoms with E-state index in [1.807, 2.05) is 0 Å². The molecule has 0 aliphatic heterocycles.